The SMILES string of the molecule is CN(C)C(=O)c1ccc(-c2ccc(C[C@@H](C#N)CC(=O)[C@@H]3[C@H]4CC[C@H](C4)N3C(=O)OC(C)(C)C)c(F)c2)cc1. The Morgan fingerprint density at radius 1 is 1.10 bits per heavy atom. The number of Topliss-reactive ketones (excluding diaryl/α,β-unsaturated/α-hetero) is 1. The van der Waals surface area contributed by atoms with E-state index in [9.17, 15) is 19.6 Å². The van der Waals surface area contributed by atoms with Gasteiger partial charge >= 0.3 is 6.09 Å². The molecule has 4 rings (SSSR count). The summed E-state index contributed by atoms with van der Waals surface area (Å²) in [6.07, 6.45) is 2.05. The smallest absolute Gasteiger partial charge is 0.411 e. The van der Waals surface area contributed by atoms with E-state index in [1.165, 1.54) is 11.0 Å². The van der Waals surface area contributed by atoms with E-state index in [4.69, 9.17) is 4.74 Å². The molecule has 206 valence electrons. The Balaban J connectivity index is 1.44. The number of likely N-dealkylation sites (tertiary alicyclic amines) is 1. The summed E-state index contributed by atoms with van der Waals surface area (Å²) >= 11 is 0. The Labute approximate surface area is 229 Å². The minimum atomic E-state index is -0.714. The molecule has 0 spiro atoms. The number of hydrogen-bond acceptors (Lipinski definition) is 5. The third kappa shape index (κ3) is 6.30. The van der Waals surface area contributed by atoms with Crippen LogP contribution in [0.3, 0.4) is 0 Å². The molecule has 2 aromatic carbocycles. The number of halogens is 1. The van der Waals surface area contributed by atoms with Gasteiger partial charge < -0.3 is 9.64 Å². The number of carbonyl (C=O) groups is 3. The number of ketones is 1. The highest BCUT2D eigenvalue weighted by atomic mass is 19.1. The number of amides is 2. The fourth-order valence-corrected chi connectivity index (χ4v) is 5.73. The zero-order valence-corrected chi connectivity index (χ0v) is 23.2. The molecule has 2 aliphatic rings. The molecule has 1 saturated heterocycles. The largest absolute Gasteiger partial charge is 0.444 e. The van der Waals surface area contributed by atoms with E-state index in [0.29, 0.717) is 16.7 Å². The van der Waals surface area contributed by atoms with Crippen molar-refractivity contribution in [3.63, 3.8) is 0 Å². The zero-order chi connectivity index (χ0) is 28.5. The van der Waals surface area contributed by atoms with Gasteiger partial charge in [-0.1, -0.05) is 24.3 Å². The summed E-state index contributed by atoms with van der Waals surface area (Å²) in [5.74, 6) is -1.37. The Morgan fingerprint density at radius 2 is 1.77 bits per heavy atom. The first-order valence-corrected chi connectivity index (χ1v) is 13.4. The zero-order valence-electron chi connectivity index (χ0n) is 23.2. The second-order valence-corrected chi connectivity index (χ2v) is 11.8. The van der Waals surface area contributed by atoms with Gasteiger partial charge in [-0.15, -0.1) is 0 Å². The number of carbonyl (C=O) groups excluding carboxylic acids is 3. The van der Waals surface area contributed by atoms with Gasteiger partial charge in [-0.05, 0) is 87.3 Å². The number of hydrogen-bond donors (Lipinski definition) is 0. The molecule has 0 radical (unpaired) electrons. The van der Waals surface area contributed by atoms with Gasteiger partial charge in [0.2, 0.25) is 0 Å². The standard InChI is InChI=1S/C31H36FN3O4/c1-31(2,3)39-30(38)35-25-13-12-24(16-25)28(35)27(36)15-19(18-33)14-23-11-10-22(17-26(23)32)20-6-8-21(9-7-20)29(37)34(4)5/h6-11,17,19,24-25,28H,12-16H2,1-5H3/t19-,24+,25-,28+/m1/s1. The normalized spacial score (nSPS) is 20.8. The lowest BCUT2D eigenvalue weighted by molar-refractivity contribution is -0.126. The van der Waals surface area contributed by atoms with E-state index in [2.05, 4.69) is 6.07 Å². The lowest BCUT2D eigenvalue weighted by Crippen LogP contribution is -2.51. The second kappa shape index (κ2) is 11.2. The first-order valence-electron chi connectivity index (χ1n) is 13.4. The third-order valence-electron chi connectivity index (χ3n) is 7.54. The molecule has 2 bridgehead atoms. The predicted octanol–water partition coefficient (Wildman–Crippen LogP) is 5.62. The van der Waals surface area contributed by atoms with Crippen molar-refractivity contribution in [2.24, 2.45) is 11.8 Å². The van der Waals surface area contributed by atoms with Crippen molar-refractivity contribution in [3.05, 3.63) is 59.4 Å². The van der Waals surface area contributed by atoms with Crippen molar-refractivity contribution in [3.8, 4) is 17.2 Å². The number of nitriles is 1. The number of benzene rings is 2. The summed E-state index contributed by atoms with van der Waals surface area (Å²) in [4.78, 5) is 41.5. The van der Waals surface area contributed by atoms with Gasteiger partial charge in [-0.25, -0.2) is 9.18 Å². The van der Waals surface area contributed by atoms with Gasteiger partial charge in [0.15, 0.2) is 5.78 Å². The summed E-state index contributed by atoms with van der Waals surface area (Å²) in [5, 5.41) is 9.81. The molecule has 2 fully saturated rings. The number of ether oxygens (including phenoxy) is 1. The molecule has 0 unspecified atom stereocenters. The quantitative estimate of drug-likeness (QED) is 0.461. The summed E-state index contributed by atoms with van der Waals surface area (Å²) in [6, 6.07) is 13.3. The number of nitrogens with zero attached hydrogens (tertiary/aromatic N) is 3. The first-order chi connectivity index (χ1) is 18.4. The van der Waals surface area contributed by atoms with Crippen LogP contribution in [0.1, 0.15) is 62.4 Å². The Morgan fingerprint density at radius 3 is 2.36 bits per heavy atom. The Hall–Kier alpha value is -3.73. The van der Waals surface area contributed by atoms with Gasteiger partial charge in [0.1, 0.15) is 11.4 Å². The summed E-state index contributed by atoms with van der Waals surface area (Å²) in [5.41, 5.74) is 1.65. The third-order valence-corrected chi connectivity index (χ3v) is 7.54. The van der Waals surface area contributed by atoms with Crippen LogP contribution in [0.25, 0.3) is 11.1 Å². The maximum atomic E-state index is 15.1. The van der Waals surface area contributed by atoms with Crippen LogP contribution in [0.5, 0.6) is 0 Å². The number of rotatable bonds is 7. The maximum absolute atomic E-state index is 15.1. The molecule has 39 heavy (non-hydrogen) atoms. The summed E-state index contributed by atoms with van der Waals surface area (Å²) in [6.45, 7) is 5.38. The predicted molar refractivity (Wildman–Crippen MR) is 145 cm³/mol. The topological polar surface area (TPSA) is 90.7 Å². The number of fused-ring (bicyclic) bond motifs is 2. The molecular formula is C31H36FN3O4. The maximum Gasteiger partial charge on any atom is 0.411 e. The molecule has 1 saturated carbocycles. The van der Waals surface area contributed by atoms with E-state index in [-0.39, 0.29) is 36.5 Å². The van der Waals surface area contributed by atoms with Gasteiger partial charge in [-0.2, -0.15) is 5.26 Å². The lowest BCUT2D eigenvalue weighted by Gasteiger charge is -2.35. The average Bonchev–Trinajstić information content (AvgIpc) is 3.50. The van der Waals surface area contributed by atoms with Crippen LogP contribution in [-0.4, -0.2) is 59.4 Å². The molecule has 0 N–H and O–H groups in total. The van der Waals surface area contributed by atoms with Crippen molar-refractivity contribution in [2.45, 2.75) is 70.6 Å². The average molecular weight is 534 g/mol. The van der Waals surface area contributed by atoms with E-state index in [0.717, 1.165) is 24.8 Å². The first kappa shape index (κ1) is 28.3. The molecule has 4 atom stereocenters. The molecule has 7 nitrogen and oxygen atoms in total. The van der Waals surface area contributed by atoms with Crippen LogP contribution >= 0.6 is 0 Å². The van der Waals surface area contributed by atoms with Crippen molar-refractivity contribution in [1.82, 2.24) is 9.80 Å². The molecular weight excluding hydrogens is 497 g/mol. The summed E-state index contributed by atoms with van der Waals surface area (Å²) in [7, 11) is 3.36. The van der Waals surface area contributed by atoms with E-state index >= 15 is 4.39 Å². The highest BCUT2D eigenvalue weighted by Crippen LogP contribution is 2.44. The molecule has 2 amide bonds. The van der Waals surface area contributed by atoms with Crippen LogP contribution in [0.2, 0.25) is 0 Å². The Bertz CT molecular complexity index is 1290. The Kier molecular flexibility index (Phi) is 8.10. The molecule has 2 aromatic rings. The van der Waals surface area contributed by atoms with Crippen molar-refractivity contribution < 1.29 is 23.5 Å². The van der Waals surface area contributed by atoms with E-state index in [1.807, 2.05) is 0 Å². The number of piperidine rings is 1. The van der Waals surface area contributed by atoms with E-state index in [1.54, 1.807) is 76.2 Å². The van der Waals surface area contributed by atoms with Crippen molar-refractivity contribution in [1.29, 1.82) is 5.26 Å². The monoisotopic (exact) mass is 533 g/mol. The minimum Gasteiger partial charge on any atom is -0.444 e. The van der Waals surface area contributed by atoms with Gasteiger partial charge in [-0.3, -0.25) is 14.5 Å². The van der Waals surface area contributed by atoms with Crippen LogP contribution in [0.15, 0.2) is 42.5 Å². The summed E-state index contributed by atoms with van der Waals surface area (Å²) < 4.78 is 20.7. The second-order valence-electron chi connectivity index (χ2n) is 11.8. The van der Waals surface area contributed by atoms with Crippen molar-refractivity contribution in [2.75, 3.05) is 14.1 Å². The molecule has 1 aliphatic heterocycles. The van der Waals surface area contributed by atoms with Gasteiger partial charge in [0, 0.05) is 32.1 Å². The van der Waals surface area contributed by atoms with Crippen LogP contribution in [0, 0.1) is 29.0 Å². The van der Waals surface area contributed by atoms with Crippen LogP contribution < -0.4 is 0 Å². The van der Waals surface area contributed by atoms with Crippen LogP contribution in [0.4, 0.5) is 9.18 Å². The van der Waals surface area contributed by atoms with Gasteiger partial charge in [0.05, 0.1) is 18.0 Å². The fraction of sp³-hybridized carbons (Fsp3) is 0.484. The van der Waals surface area contributed by atoms with Crippen molar-refractivity contribution >= 4 is 17.8 Å². The fourth-order valence-electron chi connectivity index (χ4n) is 5.73. The van der Waals surface area contributed by atoms with E-state index < -0.39 is 29.5 Å². The molecule has 1 heterocycles. The lowest BCUT2D eigenvalue weighted by atomic mass is 9.87. The highest BCUT2D eigenvalue weighted by Gasteiger charge is 2.52. The van der Waals surface area contributed by atoms with Gasteiger partial charge in [0.25, 0.3) is 5.91 Å². The molecule has 8 heteroatoms. The molecule has 0 aromatic heterocycles. The highest BCUT2D eigenvalue weighted by molar-refractivity contribution is 5.94. The minimum absolute atomic E-state index is 0.0145. The van der Waals surface area contributed by atoms with Crippen LogP contribution in [-0.2, 0) is 16.0 Å². The molecule has 1 aliphatic carbocycles.